The Bertz CT molecular complexity index is 467. The van der Waals surface area contributed by atoms with Crippen molar-refractivity contribution in [1.82, 2.24) is 4.31 Å². The van der Waals surface area contributed by atoms with E-state index in [-0.39, 0.29) is 11.1 Å². The molecule has 5 heteroatoms. The molecular formula is C13H18ClNO2S. The van der Waals surface area contributed by atoms with Gasteiger partial charge in [0.05, 0.1) is 5.75 Å². The maximum atomic E-state index is 12.1. The number of hydrogen-bond acceptors (Lipinski definition) is 2. The smallest absolute Gasteiger partial charge is 0.212 e. The number of piperidine rings is 1. The van der Waals surface area contributed by atoms with Crippen molar-refractivity contribution >= 4 is 21.6 Å². The molecule has 1 heterocycles. The summed E-state index contributed by atoms with van der Waals surface area (Å²) in [6, 6.07) is 9.71. The fourth-order valence-electron chi connectivity index (χ4n) is 2.12. The molecule has 0 aliphatic carbocycles. The Balaban J connectivity index is 1.91. The van der Waals surface area contributed by atoms with Gasteiger partial charge in [-0.2, -0.15) is 0 Å². The highest BCUT2D eigenvalue weighted by Gasteiger charge is 2.26. The third-order valence-electron chi connectivity index (χ3n) is 3.27. The van der Waals surface area contributed by atoms with Gasteiger partial charge in [0, 0.05) is 18.5 Å². The monoisotopic (exact) mass is 287 g/mol. The first-order valence-electron chi connectivity index (χ1n) is 6.24. The number of alkyl halides is 1. The van der Waals surface area contributed by atoms with Crippen molar-refractivity contribution in [2.24, 2.45) is 0 Å². The van der Waals surface area contributed by atoms with Crippen LogP contribution in [0.5, 0.6) is 0 Å². The molecule has 1 saturated heterocycles. The molecule has 0 amide bonds. The van der Waals surface area contributed by atoms with Crippen LogP contribution in [0.3, 0.4) is 0 Å². The van der Waals surface area contributed by atoms with Crippen LogP contribution in [0.25, 0.3) is 0 Å². The predicted octanol–water partition coefficient (Wildman–Crippen LogP) is 2.26. The minimum Gasteiger partial charge on any atom is -0.212 e. The summed E-state index contributed by atoms with van der Waals surface area (Å²) in [6.07, 6.45) is 2.09. The molecule has 2 rings (SSSR count). The van der Waals surface area contributed by atoms with Crippen LogP contribution in [0.4, 0.5) is 0 Å². The fraction of sp³-hybridized carbons (Fsp3) is 0.538. The van der Waals surface area contributed by atoms with Crippen molar-refractivity contribution in [3.8, 4) is 0 Å². The molecule has 1 aromatic rings. The lowest BCUT2D eigenvalue weighted by molar-refractivity contribution is 0.350. The van der Waals surface area contributed by atoms with E-state index >= 15 is 0 Å². The van der Waals surface area contributed by atoms with Crippen LogP contribution in [-0.4, -0.2) is 36.9 Å². The highest BCUT2D eigenvalue weighted by Crippen LogP contribution is 2.19. The molecule has 0 bridgehead atoms. The van der Waals surface area contributed by atoms with Gasteiger partial charge in [0.1, 0.15) is 0 Å². The molecule has 1 aliphatic heterocycles. The highest BCUT2D eigenvalue weighted by molar-refractivity contribution is 7.89. The summed E-state index contributed by atoms with van der Waals surface area (Å²) in [5.41, 5.74) is 1.06. The predicted molar refractivity (Wildman–Crippen MR) is 74.4 cm³/mol. The van der Waals surface area contributed by atoms with Crippen LogP contribution >= 0.6 is 11.6 Å². The average Bonchev–Trinajstić information content (AvgIpc) is 2.38. The highest BCUT2D eigenvalue weighted by atomic mass is 35.5. The molecule has 3 nitrogen and oxygen atoms in total. The summed E-state index contributed by atoms with van der Waals surface area (Å²) in [7, 11) is -3.13. The largest absolute Gasteiger partial charge is 0.214 e. The van der Waals surface area contributed by atoms with Crippen molar-refractivity contribution in [3.63, 3.8) is 0 Å². The van der Waals surface area contributed by atoms with E-state index in [1.54, 1.807) is 4.31 Å². The van der Waals surface area contributed by atoms with E-state index in [4.69, 9.17) is 11.6 Å². The first kappa shape index (κ1) is 13.8. The molecular weight excluding hydrogens is 270 g/mol. The molecule has 100 valence electrons. The number of benzene rings is 1. The second-order valence-corrected chi connectivity index (χ2v) is 7.33. The van der Waals surface area contributed by atoms with Gasteiger partial charge < -0.3 is 0 Å². The van der Waals surface area contributed by atoms with E-state index < -0.39 is 10.0 Å². The zero-order valence-electron chi connectivity index (χ0n) is 10.3. The average molecular weight is 288 g/mol. The van der Waals surface area contributed by atoms with Crippen LogP contribution in [0.15, 0.2) is 30.3 Å². The Morgan fingerprint density at radius 1 is 1.17 bits per heavy atom. The number of hydrogen-bond donors (Lipinski definition) is 0. The molecule has 1 aromatic carbocycles. The molecule has 0 saturated carbocycles. The third-order valence-corrected chi connectivity index (χ3v) is 5.58. The van der Waals surface area contributed by atoms with Crippen LogP contribution in [0.2, 0.25) is 0 Å². The maximum absolute atomic E-state index is 12.1. The van der Waals surface area contributed by atoms with E-state index in [0.717, 1.165) is 18.4 Å². The third kappa shape index (κ3) is 3.70. The quantitative estimate of drug-likeness (QED) is 0.797. The molecule has 0 spiro atoms. The molecule has 0 radical (unpaired) electrons. The lowest BCUT2D eigenvalue weighted by Crippen LogP contribution is -2.40. The van der Waals surface area contributed by atoms with Crippen molar-refractivity contribution in [3.05, 3.63) is 35.9 Å². The topological polar surface area (TPSA) is 37.4 Å². The minimum atomic E-state index is -3.13. The number of sulfonamides is 1. The van der Waals surface area contributed by atoms with Gasteiger partial charge >= 0.3 is 0 Å². The fourth-order valence-corrected chi connectivity index (χ4v) is 3.84. The van der Waals surface area contributed by atoms with Gasteiger partial charge in [-0.3, -0.25) is 0 Å². The summed E-state index contributed by atoms with van der Waals surface area (Å²) in [4.78, 5) is 0. The van der Waals surface area contributed by atoms with E-state index in [0.29, 0.717) is 19.5 Å². The number of halogens is 1. The lowest BCUT2D eigenvalue weighted by Gasteiger charge is -2.28. The van der Waals surface area contributed by atoms with E-state index in [2.05, 4.69) is 0 Å². The Morgan fingerprint density at radius 3 is 2.39 bits per heavy atom. The summed E-state index contributed by atoms with van der Waals surface area (Å²) in [5.74, 6) is 0.184. The van der Waals surface area contributed by atoms with Gasteiger partial charge in [0.2, 0.25) is 10.0 Å². The molecule has 0 atom stereocenters. The first-order chi connectivity index (χ1) is 8.58. The van der Waals surface area contributed by atoms with Crippen molar-refractivity contribution in [2.45, 2.75) is 24.6 Å². The maximum Gasteiger partial charge on any atom is 0.214 e. The standard InChI is InChI=1S/C13H18ClNO2S/c14-13-6-9-15(10-7-13)18(16,17)11-8-12-4-2-1-3-5-12/h1-5,13H,6-11H2. The van der Waals surface area contributed by atoms with Crippen LogP contribution in [-0.2, 0) is 16.4 Å². The Morgan fingerprint density at radius 2 is 1.78 bits per heavy atom. The number of aryl methyl sites for hydroxylation is 1. The molecule has 0 N–H and O–H groups in total. The van der Waals surface area contributed by atoms with Crippen molar-refractivity contribution in [1.29, 1.82) is 0 Å². The van der Waals surface area contributed by atoms with Gasteiger partial charge in [-0.25, -0.2) is 12.7 Å². The summed E-state index contributed by atoms with van der Waals surface area (Å²) in [6.45, 7) is 1.12. The first-order valence-corrected chi connectivity index (χ1v) is 8.28. The second-order valence-electron chi connectivity index (χ2n) is 4.63. The summed E-state index contributed by atoms with van der Waals surface area (Å²) >= 11 is 5.98. The number of rotatable bonds is 4. The van der Waals surface area contributed by atoms with E-state index in [1.807, 2.05) is 30.3 Å². The zero-order valence-corrected chi connectivity index (χ0v) is 11.8. The molecule has 0 unspecified atom stereocenters. The Labute approximate surface area is 114 Å². The molecule has 1 fully saturated rings. The van der Waals surface area contributed by atoms with Gasteiger partial charge in [-0.05, 0) is 24.8 Å². The Kier molecular flexibility index (Phi) is 4.65. The van der Waals surface area contributed by atoms with Crippen molar-refractivity contribution in [2.75, 3.05) is 18.8 Å². The SMILES string of the molecule is O=S(=O)(CCc1ccccc1)N1CCC(Cl)CC1. The summed E-state index contributed by atoms with van der Waals surface area (Å²) < 4.78 is 25.9. The van der Waals surface area contributed by atoms with Gasteiger partial charge in [-0.1, -0.05) is 30.3 Å². The van der Waals surface area contributed by atoms with Gasteiger partial charge in [0.25, 0.3) is 0 Å². The normalized spacial score (nSPS) is 18.9. The zero-order chi connectivity index (χ0) is 13.0. The van der Waals surface area contributed by atoms with Crippen LogP contribution in [0, 0.1) is 0 Å². The van der Waals surface area contributed by atoms with Gasteiger partial charge in [0.15, 0.2) is 0 Å². The van der Waals surface area contributed by atoms with Crippen molar-refractivity contribution < 1.29 is 8.42 Å². The van der Waals surface area contributed by atoms with E-state index in [9.17, 15) is 8.42 Å². The molecule has 0 aromatic heterocycles. The Hall–Kier alpha value is -0.580. The summed E-state index contributed by atoms with van der Waals surface area (Å²) in [5, 5.41) is 0.130. The second kappa shape index (κ2) is 6.04. The minimum absolute atomic E-state index is 0.130. The molecule has 18 heavy (non-hydrogen) atoms. The number of nitrogens with zero attached hydrogens (tertiary/aromatic N) is 1. The van der Waals surface area contributed by atoms with Crippen LogP contribution in [0.1, 0.15) is 18.4 Å². The van der Waals surface area contributed by atoms with E-state index in [1.165, 1.54) is 0 Å². The van der Waals surface area contributed by atoms with Crippen LogP contribution < -0.4 is 0 Å². The lowest BCUT2D eigenvalue weighted by atomic mass is 10.2. The van der Waals surface area contributed by atoms with Gasteiger partial charge in [-0.15, -0.1) is 11.6 Å². The molecule has 1 aliphatic rings.